The molecule has 59 heavy (non-hydrogen) atoms. The molecule has 0 N–H and O–H groups in total. The highest BCUT2D eigenvalue weighted by atomic mass is 15.1. The predicted molar refractivity (Wildman–Crippen MR) is 249 cm³/mol. The number of para-hydroxylation sites is 1. The lowest BCUT2D eigenvalue weighted by Gasteiger charge is -2.28. The van der Waals surface area contributed by atoms with Gasteiger partial charge in [0, 0.05) is 44.5 Å². The summed E-state index contributed by atoms with van der Waals surface area (Å²) in [7, 11) is 0. The van der Waals surface area contributed by atoms with Crippen LogP contribution in [0, 0.1) is 0 Å². The molecule has 0 bridgehead atoms. The van der Waals surface area contributed by atoms with Crippen molar-refractivity contribution in [1.29, 1.82) is 0 Å². The van der Waals surface area contributed by atoms with Crippen molar-refractivity contribution in [2.45, 2.75) is 19.3 Å². The summed E-state index contributed by atoms with van der Waals surface area (Å²) in [5.74, 6) is 0. The summed E-state index contributed by atoms with van der Waals surface area (Å²) >= 11 is 0. The Hall–Kier alpha value is -7.42. The fourth-order valence-electron chi connectivity index (χ4n) is 9.54. The first-order valence-electron chi connectivity index (χ1n) is 20.5. The van der Waals surface area contributed by atoms with E-state index in [1.165, 1.54) is 77.4 Å². The van der Waals surface area contributed by atoms with E-state index in [-0.39, 0.29) is 5.41 Å². The van der Waals surface area contributed by atoms with Crippen molar-refractivity contribution in [3.8, 4) is 50.3 Å². The zero-order valence-corrected chi connectivity index (χ0v) is 33.2. The van der Waals surface area contributed by atoms with Crippen molar-refractivity contribution in [1.82, 2.24) is 4.57 Å². The minimum absolute atomic E-state index is 0.111. The van der Waals surface area contributed by atoms with E-state index in [2.05, 4.69) is 242 Å². The molecule has 0 atom stereocenters. The molecule has 0 unspecified atom stereocenters. The highest BCUT2D eigenvalue weighted by Crippen LogP contribution is 2.51. The molecule has 2 nitrogen and oxygen atoms in total. The average Bonchev–Trinajstić information content (AvgIpc) is 3.77. The Labute approximate surface area is 345 Å². The van der Waals surface area contributed by atoms with Gasteiger partial charge in [0.1, 0.15) is 0 Å². The van der Waals surface area contributed by atoms with E-state index in [0.29, 0.717) is 0 Å². The Bertz CT molecular complexity index is 3140. The number of hydrogen-bond acceptors (Lipinski definition) is 1. The summed E-state index contributed by atoms with van der Waals surface area (Å²) in [5, 5.41) is 3.69. The minimum atomic E-state index is -0.111. The third-order valence-corrected chi connectivity index (χ3v) is 12.4. The van der Waals surface area contributed by atoms with E-state index in [9.17, 15) is 0 Å². The maximum atomic E-state index is 2.47. The van der Waals surface area contributed by atoms with Crippen LogP contribution in [0.2, 0.25) is 0 Å². The van der Waals surface area contributed by atoms with Crippen molar-refractivity contribution in [2.24, 2.45) is 0 Å². The van der Waals surface area contributed by atoms with Crippen LogP contribution in [0.25, 0.3) is 72.0 Å². The van der Waals surface area contributed by atoms with Gasteiger partial charge in [0.05, 0.1) is 11.2 Å². The van der Waals surface area contributed by atoms with Crippen molar-refractivity contribution in [2.75, 3.05) is 4.90 Å². The predicted octanol–water partition coefficient (Wildman–Crippen LogP) is 15.6. The Balaban J connectivity index is 1.10. The van der Waals surface area contributed by atoms with Crippen LogP contribution in [0.4, 0.5) is 17.1 Å². The van der Waals surface area contributed by atoms with Gasteiger partial charge in [-0.15, -0.1) is 0 Å². The molecule has 0 spiro atoms. The van der Waals surface area contributed by atoms with Crippen LogP contribution < -0.4 is 4.90 Å². The molecule has 0 radical (unpaired) electrons. The third-order valence-electron chi connectivity index (χ3n) is 12.4. The van der Waals surface area contributed by atoms with E-state index >= 15 is 0 Å². The molecular weight excluding hydrogens is 713 g/mol. The second-order valence-corrected chi connectivity index (χ2v) is 16.1. The summed E-state index contributed by atoms with van der Waals surface area (Å²) in [5.41, 5.74) is 18.2. The number of rotatable bonds is 7. The zero-order chi connectivity index (χ0) is 39.5. The van der Waals surface area contributed by atoms with Gasteiger partial charge in [-0.25, -0.2) is 0 Å². The van der Waals surface area contributed by atoms with Crippen molar-refractivity contribution >= 4 is 38.7 Å². The largest absolute Gasteiger partial charge is 0.310 e. The van der Waals surface area contributed by atoms with Crippen LogP contribution >= 0.6 is 0 Å². The number of anilines is 3. The van der Waals surface area contributed by atoms with Crippen LogP contribution in [0.3, 0.4) is 0 Å². The van der Waals surface area contributed by atoms with Gasteiger partial charge in [-0.1, -0.05) is 184 Å². The fourth-order valence-corrected chi connectivity index (χ4v) is 9.54. The quantitative estimate of drug-likeness (QED) is 0.157. The topological polar surface area (TPSA) is 8.17 Å². The zero-order valence-electron chi connectivity index (χ0n) is 33.2. The molecule has 1 aliphatic carbocycles. The molecule has 0 amide bonds. The molecule has 0 aliphatic heterocycles. The first kappa shape index (κ1) is 34.8. The van der Waals surface area contributed by atoms with Crippen molar-refractivity contribution in [3.05, 3.63) is 230 Å². The summed E-state index contributed by atoms with van der Waals surface area (Å²) in [6.45, 7) is 4.71. The second-order valence-electron chi connectivity index (χ2n) is 16.1. The third kappa shape index (κ3) is 5.71. The molecule has 1 heterocycles. The lowest BCUT2D eigenvalue weighted by atomic mass is 9.82. The van der Waals surface area contributed by atoms with Gasteiger partial charge in [-0.05, 0) is 98.4 Å². The molecule has 280 valence electrons. The standard InChI is InChI=1S/C57H42N2/c1-57(2)52-25-15-14-24-49(52)50-37-35-47(38-53(50)57)58(45-31-26-40(27-32-45)39-16-6-3-7-17-39)46-33-28-42(29-34-46)54-51-36-30-41-18-12-13-23-48(41)56(51)59(44-21-10-5-11-22-44)55(54)43-19-8-4-9-20-43/h3-38H,1-2H3. The van der Waals surface area contributed by atoms with Crippen LogP contribution in [0.1, 0.15) is 25.0 Å². The first-order valence-corrected chi connectivity index (χ1v) is 20.5. The van der Waals surface area contributed by atoms with Gasteiger partial charge in [0.25, 0.3) is 0 Å². The summed E-state index contributed by atoms with van der Waals surface area (Å²) in [6, 6.07) is 79.8. The van der Waals surface area contributed by atoms with E-state index in [4.69, 9.17) is 0 Å². The summed E-state index contributed by atoms with van der Waals surface area (Å²) in [4.78, 5) is 2.41. The monoisotopic (exact) mass is 754 g/mol. The Kier molecular flexibility index (Phi) is 8.20. The van der Waals surface area contributed by atoms with Gasteiger partial charge in [-0.3, -0.25) is 0 Å². The molecule has 11 rings (SSSR count). The van der Waals surface area contributed by atoms with Crippen LogP contribution in [0.15, 0.2) is 218 Å². The lowest BCUT2D eigenvalue weighted by Crippen LogP contribution is -2.16. The molecule has 0 saturated heterocycles. The number of aromatic nitrogens is 1. The smallest absolute Gasteiger partial charge is 0.0619 e. The summed E-state index contributed by atoms with van der Waals surface area (Å²) in [6.07, 6.45) is 0. The molecule has 0 saturated carbocycles. The Morgan fingerprint density at radius 3 is 1.64 bits per heavy atom. The molecule has 1 aromatic heterocycles. The fraction of sp³-hybridized carbons (Fsp3) is 0.0526. The van der Waals surface area contributed by atoms with Crippen LogP contribution in [0.5, 0.6) is 0 Å². The van der Waals surface area contributed by atoms with E-state index < -0.39 is 0 Å². The molecule has 10 aromatic rings. The van der Waals surface area contributed by atoms with Crippen molar-refractivity contribution in [3.63, 3.8) is 0 Å². The van der Waals surface area contributed by atoms with E-state index in [1.807, 2.05) is 0 Å². The van der Waals surface area contributed by atoms with Gasteiger partial charge in [0.15, 0.2) is 0 Å². The maximum Gasteiger partial charge on any atom is 0.0619 e. The van der Waals surface area contributed by atoms with Gasteiger partial charge in [-0.2, -0.15) is 0 Å². The lowest BCUT2D eigenvalue weighted by molar-refractivity contribution is 0.660. The normalized spacial score (nSPS) is 12.7. The molecular formula is C57H42N2. The van der Waals surface area contributed by atoms with Gasteiger partial charge in [0.2, 0.25) is 0 Å². The van der Waals surface area contributed by atoms with E-state index in [1.54, 1.807) is 0 Å². The molecule has 1 aliphatic rings. The number of fused-ring (bicyclic) bond motifs is 6. The van der Waals surface area contributed by atoms with Gasteiger partial charge < -0.3 is 9.47 Å². The number of hydrogen-bond donors (Lipinski definition) is 0. The minimum Gasteiger partial charge on any atom is -0.310 e. The second kappa shape index (κ2) is 13.9. The van der Waals surface area contributed by atoms with E-state index in [0.717, 1.165) is 22.7 Å². The first-order chi connectivity index (χ1) is 29.0. The highest BCUT2D eigenvalue weighted by molar-refractivity contribution is 6.16. The number of benzene rings is 9. The van der Waals surface area contributed by atoms with Gasteiger partial charge >= 0.3 is 0 Å². The maximum absolute atomic E-state index is 2.47. The summed E-state index contributed by atoms with van der Waals surface area (Å²) < 4.78 is 2.47. The average molecular weight is 755 g/mol. The highest BCUT2D eigenvalue weighted by Gasteiger charge is 2.35. The van der Waals surface area contributed by atoms with Crippen LogP contribution in [-0.2, 0) is 5.41 Å². The Morgan fingerprint density at radius 1 is 0.390 bits per heavy atom. The van der Waals surface area contributed by atoms with Crippen molar-refractivity contribution < 1.29 is 0 Å². The SMILES string of the molecule is CC1(C)c2ccccc2-c2ccc(N(c3ccc(-c4ccccc4)cc3)c3ccc(-c4c(-c5ccccc5)n(-c5ccccc5)c5c4ccc4ccccc45)cc3)cc21. The van der Waals surface area contributed by atoms with Crippen LogP contribution in [-0.4, -0.2) is 4.57 Å². The Morgan fingerprint density at radius 2 is 0.932 bits per heavy atom. The molecule has 9 aromatic carbocycles. The molecule has 0 fully saturated rings. The number of nitrogens with zero attached hydrogens (tertiary/aromatic N) is 2. The molecule has 2 heteroatoms.